The fourth-order valence-corrected chi connectivity index (χ4v) is 3.40. The van der Waals surface area contributed by atoms with Crippen molar-refractivity contribution in [3.8, 4) is 0 Å². The largest absolute Gasteiger partial charge is 0.389 e. The summed E-state index contributed by atoms with van der Waals surface area (Å²) in [6.45, 7) is 7.52. The van der Waals surface area contributed by atoms with Crippen LogP contribution in [0.1, 0.15) is 24.7 Å². The van der Waals surface area contributed by atoms with E-state index < -0.39 is 6.10 Å². The summed E-state index contributed by atoms with van der Waals surface area (Å²) in [7, 11) is 0. The molecule has 7 heteroatoms. The number of nitrogens with one attached hydrogen (secondary N) is 2. The molecule has 31 heavy (non-hydrogen) atoms. The number of aliphatic imine (C=N–C) groups is 1. The van der Waals surface area contributed by atoms with Gasteiger partial charge in [0.25, 0.3) is 0 Å². The summed E-state index contributed by atoms with van der Waals surface area (Å²) in [5.41, 5.74) is 3.29. The minimum Gasteiger partial charge on any atom is -0.389 e. The van der Waals surface area contributed by atoms with Gasteiger partial charge >= 0.3 is 0 Å². The van der Waals surface area contributed by atoms with E-state index in [1.807, 2.05) is 62.4 Å². The number of aromatic nitrogens is 2. The Morgan fingerprint density at radius 1 is 1.13 bits per heavy atom. The predicted octanol–water partition coefficient (Wildman–Crippen LogP) is 2.87. The van der Waals surface area contributed by atoms with Crippen LogP contribution in [0.4, 0.5) is 0 Å². The molecule has 0 aliphatic rings. The first-order valence-corrected chi connectivity index (χ1v) is 10.9. The van der Waals surface area contributed by atoms with Crippen LogP contribution in [-0.2, 0) is 17.9 Å². The molecule has 0 radical (unpaired) electrons. The molecule has 2 aromatic carbocycles. The molecule has 0 aliphatic heterocycles. The zero-order valence-corrected chi connectivity index (χ0v) is 18.4. The second-order valence-corrected chi connectivity index (χ2v) is 7.45. The molecular formula is C24H33N5O2. The highest BCUT2D eigenvalue weighted by Gasteiger charge is 2.07. The van der Waals surface area contributed by atoms with Gasteiger partial charge in [-0.2, -0.15) is 0 Å². The van der Waals surface area contributed by atoms with E-state index >= 15 is 0 Å². The molecule has 1 heterocycles. The summed E-state index contributed by atoms with van der Waals surface area (Å²) in [5.74, 6) is 1.73. The lowest BCUT2D eigenvalue weighted by Gasteiger charge is -2.14. The molecule has 1 aromatic heterocycles. The van der Waals surface area contributed by atoms with Crippen LogP contribution in [0.15, 0.2) is 59.6 Å². The van der Waals surface area contributed by atoms with Crippen molar-refractivity contribution >= 4 is 17.0 Å². The first-order valence-electron chi connectivity index (χ1n) is 10.9. The smallest absolute Gasteiger partial charge is 0.191 e. The topological polar surface area (TPSA) is 83.7 Å². The second kappa shape index (κ2) is 12.1. The van der Waals surface area contributed by atoms with Crippen LogP contribution >= 0.6 is 0 Å². The van der Waals surface area contributed by atoms with Gasteiger partial charge in [-0.1, -0.05) is 42.5 Å². The molecule has 0 saturated carbocycles. The van der Waals surface area contributed by atoms with E-state index in [1.165, 1.54) is 5.52 Å². The molecule has 0 spiro atoms. The molecule has 3 N–H and O–H groups in total. The number of aliphatic hydroxyl groups excluding tert-OH is 1. The first kappa shape index (κ1) is 22.8. The van der Waals surface area contributed by atoms with E-state index in [0.717, 1.165) is 43.0 Å². The molecule has 7 nitrogen and oxygen atoms in total. The quantitative estimate of drug-likeness (QED) is 0.251. The van der Waals surface area contributed by atoms with Gasteiger partial charge in [-0.15, -0.1) is 0 Å². The first-order chi connectivity index (χ1) is 15.2. The number of fused-ring (bicyclic) bond motifs is 1. The van der Waals surface area contributed by atoms with Crippen molar-refractivity contribution < 1.29 is 9.84 Å². The molecule has 0 saturated heterocycles. The Kier molecular flexibility index (Phi) is 8.87. The fraction of sp³-hybridized carbons (Fsp3) is 0.417. The average molecular weight is 424 g/mol. The number of aliphatic hydroxyl groups is 1. The minimum absolute atomic E-state index is 0.255. The van der Waals surface area contributed by atoms with Gasteiger partial charge in [0.15, 0.2) is 5.96 Å². The van der Waals surface area contributed by atoms with Gasteiger partial charge in [-0.05, 0) is 38.0 Å². The lowest BCUT2D eigenvalue weighted by molar-refractivity contribution is 0.0331. The number of para-hydroxylation sites is 2. The van der Waals surface area contributed by atoms with Crippen molar-refractivity contribution in [2.24, 2.45) is 4.99 Å². The summed E-state index contributed by atoms with van der Waals surface area (Å²) in [6, 6.07) is 18.1. The maximum atomic E-state index is 10.2. The van der Waals surface area contributed by atoms with Crippen molar-refractivity contribution in [3.63, 3.8) is 0 Å². The Morgan fingerprint density at radius 2 is 1.90 bits per heavy atom. The van der Waals surface area contributed by atoms with Crippen LogP contribution < -0.4 is 10.6 Å². The number of imidazole rings is 1. The van der Waals surface area contributed by atoms with Gasteiger partial charge in [-0.3, -0.25) is 4.99 Å². The number of aryl methyl sites for hydroxylation is 2. The summed E-state index contributed by atoms with van der Waals surface area (Å²) < 4.78 is 7.84. The van der Waals surface area contributed by atoms with Crippen molar-refractivity contribution in [2.75, 3.05) is 26.2 Å². The van der Waals surface area contributed by atoms with Crippen LogP contribution in [0.3, 0.4) is 0 Å². The Bertz CT molecular complexity index is 955. The third-order valence-corrected chi connectivity index (χ3v) is 4.92. The Balaban J connectivity index is 1.41. The Hall–Kier alpha value is -2.90. The van der Waals surface area contributed by atoms with Crippen LogP contribution in [0.25, 0.3) is 11.0 Å². The van der Waals surface area contributed by atoms with Gasteiger partial charge in [0, 0.05) is 19.6 Å². The van der Waals surface area contributed by atoms with Crippen molar-refractivity contribution in [1.29, 1.82) is 0 Å². The van der Waals surface area contributed by atoms with Crippen LogP contribution in [0, 0.1) is 6.92 Å². The van der Waals surface area contributed by atoms with Crippen molar-refractivity contribution in [1.82, 2.24) is 20.2 Å². The predicted molar refractivity (Wildman–Crippen MR) is 125 cm³/mol. The minimum atomic E-state index is -0.640. The SMILES string of the molecule is CCNC(=NCC(O)COCc1ccccc1)NCCCn1c(C)nc2ccccc21. The maximum absolute atomic E-state index is 10.2. The molecule has 1 unspecified atom stereocenters. The number of ether oxygens (including phenoxy) is 1. The van der Waals surface area contributed by atoms with Crippen LogP contribution in [-0.4, -0.2) is 53.0 Å². The summed E-state index contributed by atoms with van der Waals surface area (Å²) in [4.78, 5) is 9.10. The van der Waals surface area contributed by atoms with Gasteiger partial charge in [-0.25, -0.2) is 4.98 Å². The standard InChI is InChI=1S/C24H33N5O2/c1-3-25-24(27-16-21(30)18-31-17-20-10-5-4-6-11-20)26-14-9-15-29-19(2)28-22-12-7-8-13-23(22)29/h4-8,10-13,21,30H,3,9,14-18H2,1-2H3,(H2,25,26,27). The van der Waals surface area contributed by atoms with Gasteiger partial charge < -0.3 is 25.0 Å². The molecule has 0 fully saturated rings. The van der Waals surface area contributed by atoms with E-state index in [-0.39, 0.29) is 13.2 Å². The highest BCUT2D eigenvalue weighted by molar-refractivity contribution is 5.79. The van der Waals surface area contributed by atoms with Crippen molar-refractivity contribution in [3.05, 3.63) is 66.0 Å². The monoisotopic (exact) mass is 423 g/mol. The highest BCUT2D eigenvalue weighted by Crippen LogP contribution is 2.15. The lowest BCUT2D eigenvalue weighted by Crippen LogP contribution is -2.39. The molecular weight excluding hydrogens is 390 g/mol. The summed E-state index contributed by atoms with van der Waals surface area (Å²) in [5, 5.41) is 16.7. The third-order valence-electron chi connectivity index (χ3n) is 4.92. The van der Waals surface area contributed by atoms with E-state index in [4.69, 9.17) is 4.74 Å². The molecule has 166 valence electrons. The molecule has 0 amide bonds. The highest BCUT2D eigenvalue weighted by atomic mass is 16.5. The van der Waals surface area contributed by atoms with Gasteiger partial charge in [0.05, 0.1) is 36.9 Å². The van der Waals surface area contributed by atoms with E-state index in [9.17, 15) is 5.11 Å². The number of guanidine groups is 1. The molecule has 3 aromatic rings. The van der Waals surface area contributed by atoms with Crippen molar-refractivity contribution in [2.45, 2.75) is 39.5 Å². The van der Waals surface area contributed by atoms with Crippen LogP contribution in [0.5, 0.6) is 0 Å². The third kappa shape index (κ3) is 7.08. The lowest BCUT2D eigenvalue weighted by atomic mass is 10.2. The fourth-order valence-electron chi connectivity index (χ4n) is 3.40. The number of benzene rings is 2. The number of hydrogen-bond acceptors (Lipinski definition) is 4. The van der Waals surface area contributed by atoms with Crippen LogP contribution in [0.2, 0.25) is 0 Å². The Morgan fingerprint density at radius 3 is 2.71 bits per heavy atom. The van der Waals surface area contributed by atoms with Gasteiger partial charge in [0.1, 0.15) is 5.82 Å². The average Bonchev–Trinajstić information content (AvgIpc) is 3.10. The molecule has 0 aliphatic carbocycles. The number of hydrogen-bond donors (Lipinski definition) is 3. The summed E-state index contributed by atoms with van der Waals surface area (Å²) in [6.07, 6.45) is 0.299. The maximum Gasteiger partial charge on any atom is 0.191 e. The summed E-state index contributed by atoms with van der Waals surface area (Å²) >= 11 is 0. The second-order valence-electron chi connectivity index (χ2n) is 7.45. The van der Waals surface area contributed by atoms with Gasteiger partial charge in [0.2, 0.25) is 0 Å². The molecule has 0 bridgehead atoms. The molecule has 1 atom stereocenters. The Labute approximate surface area is 184 Å². The number of nitrogens with zero attached hydrogens (tertiary/aromatic N) is 3. The zero-order valence-electron chi connectivity index (χ0n) is 18.4. The molecule has 3 rings (SSSR count). The normalized spacial score (nSPS) is 12.8. The zero-order chi connectivity index (χ0) is 21.9. The van der Waals surface area contributed by atoms with E-state index in [2.05, 4.69) is 31.2 Å². The van der Waals surface area contributed by atoms with E-state index in [0.29, 0.717) is 12.6 Å². The van der Waals surface area contributed by atoms with E-state index in [1.54, 1.807) is 0 Å². The number of rotatable bonds is 11.